The molecule has 0 aliphatic carbocycles. The zero-order valence-corrected chi connectivity index (χ0v) is 14.5. The standard InChI is InChI=1S/C19H17F3N4O/c1-2-8-25-18(27)16-15(23)12-6-3-5-11(14(12)10-26-16)13-7-4-9-24-17(13)19(20,21)22/h3-7,9-10H,2,8,23H2,1H3,(H,25,27). The van der Waals surface area contributed by atoms with Crippen molar-refractivity contribution in [1.82, 2.24) is 15.3 Å². The van der Waals surface area contributed by atoms with Crippen LogP contribution in [-0.4, -0.2) is 22.4 Å². The molecular weight excluding hydrogens is 357 g/mol. The second-order valence-electron chi connectivity index (χ2n) is 5.94. The molecule has 0 atom stereocenters. The van der Waals surface area contributed by atoms with Crippen molar-refractivity contribution in [2.45, 2.75) is 19.5 Å². The largest absolute Gasteiger partial charge is 0.433 e. The van der Waals surface area contributed by atoms with Crippen LogP contribution in [0.5, 0.6) is 0 Å². The number of hydrogen-bond acceptors (Lipinski definition) is 4. The minimum absolute atomic E-state index is 0.0512. The lowest BCUT2D eigenvalue weighted by molar-refractivity contribution is -0.140. The Hall–Kier alpha value is -3.16. The molecule has 0 saturated heterocycles. The number of halogens is 3. The van der Waals surface area contributed by atoms with Crippen molar-refractivity contribution in [3.8, 4) is 11.1 Å². The van der Waals surface area contributed by atoms with Gasteiger partial charge in [0.2, 0.25) is 0 Å². The van der Waals surface area contributed by atoms with E-state index < -0.39 is 17.8 Å². The zero-order valence-electron chi connectivity index (χ0n) is 14.5. The first-order valence-electron chi connectivity index (χ1n) is 8.32. The molecule has 5 nitrogen and oxygen atoms in total. The lowest BCUT2D eigenvalue weighted by Crippen LogP contribution is -2.26. The monoisotopic (exact) mass is 374 g/mol. The number of fused-ring (bicyclic) bond motifs is 1. The number of anilines is 1. The van der Waals surface area contributed by atoms with Gasteiger partial charge in [0.05, 0.1) is 5.69 Å². The number of benzene rings is 1. The second kappa shape index (κ2) is 7.22. The number of carbonyl (C=O) groups excluding carboxylic acids is 1. The molecule has 3 aromatic rings. The Labute approximate surface area is 153 Å². The number of aromatic nitrogens is 2. The minimum Gasteiger partial charge on any atom is -0.396 e. The summed E-state index contributed by atoms with van der Waals surface area (Å²) in [6.45, 7) is 2.39. The molecule has 1 aromatic carbocycles. The highest BCUT2D eigenvalue weighted by Crippen LogP contribution is 2.39. The second-order valence-corrected chi connectivity index (χ2v) is 5.94. The van der Waals surface area contributed by atoms with Crippen LogP contribution >= 0.6 is 0 Å². The van der Waals surface area contributed by atoms with E-state index in [1.165, 1.54) is 18.3 Å². The molecule has 0 radical (unpaired) electrons. The molecule has 3 N–H and O–H groups in total. The van der Waals surface area contributed by atoms with Gasteiger partial charge in [0.1, 0.15) is 0 Å². The van der Waals surface area contributed by atoms with Gasteiger partial charge in [-0.2, -0.15) is 13.2 Å². The summed E-state index contributed by atoms with van der Waals surface area (Å²) < 4.78 is 40.0. The molecule has 27 heavy (non-hydrogen) atoms. The molecule has 0 spiro atoms. The maximum atomic E-state index is 13.3. The fourth-order valence-electron chi connectivity index (χ4n) is 2.85. The van der Waals surface area contributed by atoms with E-state index in [2.05, 4.69) is 15.3 Å². The Morgan fingerprint density at radius 2 is 1.85 bits per heavy atom. The van der Waals surface area contributed by atoms with Crippen LogP contribution in [0.25, 0.3) is 21.9 Å². The predicted molar refractivity (Wildman–Crippen MR) is 97.0 cm³/mol. The number of pyridine rings is 2. The van der Waals surface area contributed by atoms with Crippen LogP contribution in [0.15, 0.2) is 42.7 Å². The average Bonchev–Trinajstić information content (AvgIpc) is 2.65. The van der Waals surface area contributed by atoms with Crippen LogP contribution in [0.2, 0.25) is 0 Å². The lowest BCUT2D eigenvalue weighted by atomic mass is 9.97. The van der Waals surface area contributed by atoms with Crippen LogP contribution in [0.1, 0.15) is 29.5 Å². The summed E-state index contributed by atoms with van der Waals surface area (Å²) >= 11 is 0. The van der Waals surface area contributed by atoms with Crippen molar-refractivity contribution in [2.24, 2.45) is 0 Å². The molecule has 0 bridgehead atoms. The first-order chi connectivity index (χ1) is 12.8. The van der Waals surface area contributed by atoms with Crippen LogP contribution in [0, 0.1) is 0 Å². The summed E-state index contributed by atoms with van der Waals surface area (Å²) in [5.41, 5.74) is 5.52. The molecule has 3 rings (SSSR count). The Balaban J connectivity index is 2.18. The number of rotatable bonds is 4. The molecule has 2 aromatic heterocycles. The zero-order chi connectivity index (χ0) is 19.6. The molecule has 0 aliphatic rings. The highest BCUT2D eigenvalue weighted by molar-refractivity contribution is 6.09. The highest BCUT2D eigenvalue weighted by atomic mass is 19.4. The molecule has 1 amide bonds. The number of amides is 1. The topological polar surface area (TPSA) is 80.9 Å². The first-order valence-corrected chi connectivity index (χ1v) is 8.32. The Bertz CT molecular complexity index is 1000. The van der Waals surface area contributed by atoms with E-state index >= 15 is 0 Å². The Morgan fingerprint density at radius 1 is 1.11 bits per heavy atom. The van der Waals surface area contributed by atoms with Crippen LogP contribution in [0.3, 0.4) is 0 Å². The predicted octanol–water partition coefficient (Wildman–Crippen LogP) is 4.04. The fraction of sp³-hybridized carbons (Fsp3) is 0.211. The van der Waals surface area contributed by atoms with E-state index in [0.29, 0.717) is 22.9 Å². The third kappa shape index (κ3) is 3.55. The third-order valence-corrected chi connectivity index (χ3v) is 4.09. The van der Waals surface area contributed by atoms with Gasteiger partial charge in [0.15, 0.2) is 11.4 Å². The summed E-state index contributed by atoms with van der Waals surface area (Å²) in [6, 6.07) is 7.58. The normalized spacial score (nSPS) is 11.6. The molecular formula is C19H17F3N4O. The van der Waals surface area contributed by atoms with Crippen molar-refractivity contribution in [3.63, 3.8) is 0 Å². The molecule has 2 heterocycles. The van der Waals surface area contributed by atoms with E-state index in [9.17, 15) is 18.0 Å². The van der Waals surface area contributed by atoms with Crippen LogP contribution in [0.4, 0.5) is 18.9 Å². The molecule has 0 unspecified atom stereocenters. The Kier molecular flexibility index (Phi) is 4.98. The van der Waals surface area contributed by atoms with Crippen LogP contribution < -0.4 is 11.1 Å². The summed E-state index contributed by atoms with van der Waals surface area (Å²) in [7, 11) is 0. The molecule has 0 saturated carbocycles. The van der Waals surface area contributed by atoms with E-state index in [1.807, 2.05) is 6.92 Å². The van der Waals surface area contributed by atoms with E-state index in [-0.39, 0.29) is 16.9 Å². The summed E-state index contributed by atoms with van der Waals surface area (Å²) in [5.74, 6) is -0.418. The Morgan fingerprint density at radius 3 is 2.56 bits per heavy atom. The molecule has 140 valence electrons. The molecule has 0 aliphatic heterocycles. The van der Waals surface area contributed by atoms with Crippen molar-refractivity contribution >= 4 is 22.4 Å². The third-order valence-electron chi connectivity index (χ3n) is 4.09. The van der Waals surface area contributed by atoms with Crippen molar-refractivity contribution in [2.75, 3.05) is 12.3 Å². The van der Waals surface area contributed by atoms with Gasteiger partial charge in [-0.3, -0.25) is 9.78 Å². The maximum absolute atomic E-state index is 13.3. The van der Waals surface area contributed by atoms with Crippen molar-refractivity contribution in [1.29, 1.82) is 0 Å². The summed E-state index contributed by atoms with van der Waals surface area (Å²) in [5, 5.41) is 3.57. The smallest absolute Gasteiger partial charge is 0.396 e. The van der Waals surface area contributed by atoms with Gasteiger partial charge in [-0.15, -0.1) is 0 Å². The number of nitrogen functional groups attached to an aromatic ring is 1. The highest BCUT2D eigenvalue weighted by Gasteiger charge is 2.35. The van der Waals surface area contributed by atoms with E-state index in [1.54, 1.807) is 18.2 Å². The number of hydrogen-bond donors (Lipinski definition) is 2. The van der Waals surface area contributed by atoms with Gasteiger partial charge in [0.25, 0.3) is 5.91 Å². The fourth-order valence-corrected chi connectivity index (χ4v) is 2.85. The van der Waals surface area contributed by atoms with Crippen molar-refractivity contribution in [3.05, 3.63) is 54.1 Å². The number of nitrogens with zero attached hydrogens (tertiary/aromatic N) is 2. The number of alkyl halides is 3. The van der Waals surface area contributed by atoms with Gasteiger partial charge in [-0.05, 0) is 18.1 Å². The van der Waals surface area contributed by atoms with Gasteiger partial charge < -0.3 is 11.1 Å². The lowest BCUT2D eigenvalue weighted by Gasteiger charge is -2.15. The van der Waals surface area contributed by atoms with Gasteiger partial charge in [-0.25, -0.2) is 4.98 Å². The molecule has 8 heteroatoms. The minimum atomic E-state index is -4.60. The SMILES string of the molecule is CCCNC(=O)c1ncc2c(-c3cccnc3C(F)(F)F)cccc2c1N. The number of carbonyl (C=O) groups is 1. The maximum Gasteiger partial charge on any atom is 0.433 e. The first kappa shape index (κ1) is 18.6. The van der Waals surface area contributed by atoms with E-state index in [4.69, 9.17) is 5.73 Å². The van der Waals surface area contributed by atoms with Gasteiger partial charge in [0, 0.05) is 35.3 Å². The molecule has 0 fully saturated rings. The summed E-state index contributed by atoms with van der Waals surface area (Å²) in [4.78, 5) is 19.8. The average molecular weight is 374 g/mol. The quantitative estimate of drug-likeness (QED) is 0.722. The van der Waals surface area contributed by atoms with E-state index in [0.717, 1.165) is 12.6 Å². The van der Waals surface area contributed by atoms with Gasteiger partial charge >= 0.3 is 6.18 Å². The summed E-state index contributed by atoms with van der Waals surface area (Å²) in [6.07, 6.45) is -1.38. The number of nitrogens with one attached hydrogen (secondary N) is 1. The van der Waals surface area contributed by atoms with Crippen LogP contribution in [-0.2, 0) is 6.18 Å². The van der Waals surface area contributed by atoms with Gasteiger partial charge in [-0.1, -0.05) is 31.2 Å². The van der Waals surface area contributed by atoms with Crippen molar-refractivity contribution < 1.29 is 18.0 Å². The number of nitrogens with two attached hydrogens (primary N) is 1.